The number of hydrogen-bond donors (Lipinski definition) is 2. The monoisotopic (exact) mass is 402 g/mol. The van der Waals surface area contributed by atoms with Crippen molar-refractivity contribution in [3.05, 3.63) is 87.5 Å². The molecule has 0 unspecified atom stereocenters. The van der Waals surface area contributed by atoms with Crippen LogP contribution in [0.25, 0.3) is 6.08 Å². The third-order valence-electron chi connectivity index (χ3n) is 4.47. The minimum atomic E-state index is -0.436. The molecule has 2 N–H and O–H groups in total. The van der Waals surface area contributed by atoms with E-state index in [-0.39, 0.29) is 28.7 Å². The Morgan fingerprint density at radius 2 is 1.87 bits per heavy atom. The van der Waals surface area contributed by atoms with Gasteiger partial charge in [-0.05, 0) is 30.7 Å². The standard InChI is InChI=1S/C22H18N4O4/c1-13-10-19(28)25-22(23-13)26-20(15-6-4-3-5-7-15)24-16(21(26)29)11-14-8-9-17(27)18(12-14)30-2/h3-12,27H,1-2H3,(H,23,25,28)/b16-11+. The zero-order valence-corrected chi connectivity index (χ0v) is 16.3. The van der Waals surface area contributed by atoms with Crippen molar-refractivity contribution in [2.45, 2.75) is 6.92 Å². The molecule has 1 amide bonds. The second-order valence-corrected chi connectivity index (χ2v) is 6.61. The van der Waals surface area contributed by atoms with Crippen molar-refractivity contribution in [1.29, 1.82) is 0 Å². The van der Waals surface area contributed by atoms with E-state index in [4.69, 9.17) is 4.74 Å². The van der Waals surface area contributed by atoms with E-state index >= 15 is 0 Å². The number of hydrogen-bond acceptors (Lipinski definition) is 6. The molecule has 1 aromatic heterocycles. The largest absolute Gasteiger partial charge is 0.504 e. The number of aromatic nitrogens is 2. The zero-order chi connectivity index (χ0) is 21.3. The number of nitrogens with zero attached hydrogens (tertiary/aromatic N) is 3. The summed E-state index contributed by atoms with van der Waals surface area (Å²) in [7, 11) is 1.44. The number of rotatable bonds is 4. The predicted molar refractivity (Wildman–Crippen MR) is 113 cm³/mol. The normalized spacial score (nSPS) is 14.9. The first-order valence-electron chi connectivity index (χ1n) is 9.11. The van der Waals surface area contributed by atoms with Gasteiger partial charge in [0.2, 0.25) is 5.95 Å². The summed E-state index contributed by atoms with van der Waals surface area (Å²) in [6.07, 6.45) is 1.58. The average Bonchev–Trinajstić information content (AvgIpc) is 3.05. The van der Waals surface area contributed by atoms with Gasteiger partial charge in [0.15, 0.2) is 17.3 Å². The fourth-order valence-corrected chi connectivity index (χ4v) is 3.11. The van der Waals surface area contributed by atoms with E-state index in [1.54, 1.807) is 25.1 Å². The Balaban J connectivity index is 1.85. The number of H-pyrrole nitrogens is 1. The minimum Gasteiger partial charge on any atom is -0.504 e. The highest BCUT2D eigenvalue weighted by Gasteiger charge is 2.34. The topological polar surface area (TPSA) is 108 Å². The Morgan fingerprint density at radius 1 is 1.10 bits per heavy atom. The lowest BCUT2D eigenvalue weighted by atomic mass is 10.1. The number of carbonyl (C=O) groups is 1. The predicted octanol–water partition coefficient (Wildman–Crippen LogP) is 2.63. The molecule has 150 valence electrons. The number of benzene rings is 2. The van der Waals surface area contributed by atoms with Gasteiger partial charge < -0.3 is 9.84 Å². The number of methoxy groups -OCH3 is 1. The summed E-state index contributed by atoms with van der Waals surface area (Å²) in [5.74, 6) is 0.290. The molecule has 30 heavy (non-hydrogen) atoms. The van der Waals surface area contributed by atoms with Crippen LogP contribution >= 0.6 is 0 Å². The molecule has 3 aromatic rings. The third kappa shape index (κ3) is 3.58. The maximum Gasteiger partial charge on any atom is 0.285 e. The van der Waals surface area contributed by atoms with Crippen molar-refractivity contribution in [2.75, 3.05) is 12.0 Å². The summed E-state index contributed by atoms with van der Waals surface area (Å²) < 4.78 is 5.12. The van der Waals surface area contributed by atoms with E-state index in [2.05, 4.69) is 15.0 Å². The lowest BCUT2D eigenvalue weighted by Crippen LogP contribution is -2.35. The van der Waals surface area contributed by atoms with E-state index in [1.165, 1.54) is 24.1 Å². The van der Waals surface area contributed by atoms with E-state index in [0.717, 1.165) is 0 Å². The zero-order valence-electron chi connectivity index (χ0n) is 16.3. The lowest BCUT2D eigenvalue weighted by Gasteiger charge is -2.17. The number of phenols is 1. The Kier molecular flexibility index (Phi) is 4.89. The van der Waals surface area contributed by atoms with Crippen LogP contribution in [-0.2, 0) is 4.79 Å². The molecule has 0 saturated heterocycles. The van der Waals surface area contributed by atoms with Crippen LogP contribution in [0, 0.1) is 6.92 Å². The molecule has 0 bridgehead atoms. The van der Waals surface area contributed by atoms with E-state index in [0.29, 0.717) is 22.7 Å². The molecule has 2 heterocycles. The van der Waals surface area contributed by atoms with Gasteiger partial charge in [-0.2, -0.15) is 0 Å². The molecule has 1 aliphatic heterocycles. The second kappa shape index (κ2) is 7.67. The molecular weight excluding hydrogens is 384 g/mol. The van der Waals surface area contributed by atoms with Gasteiger partial charge in [0, 0.05) is 17.3 Å². The van der Waals surface area contributed by atoms with E-state index in [9.17, 15) is 14.7 Å². The molecule has 0 radical (unpaired) electrons. The quantitative estimate of drug-likeness (QED) is 0.652. The highest BCUT2D eigenvalue weighted by Crippen LogP contribution is 2.29. The van der Waals surface area contributed by atoms with Gasteiger partial charge >= 0.3 is 0 Å². The number of aromatic amines is 1. The van der Waals surface area contributed by atoms with Crippen molar-refractivity contribution < 1.29 is 14.6 Å². The number of ether oxygens (including phenoxy) is 1. The lowest BCUT2D eigenvalue weighted by molar-refractivity contribution is -0.113. The number of amides is 1. The molecule has 8 heteroatoms. The highest BCUT2D eigenvalue weighted by atomic mass is 16.5. The molecule has 0 fully saturated rings. The summed E-state index contributed by atoms with van der Waals surface area (Å²) in [6.45, 7) is 1.68. The maximum absolute atomic E-state index is 13.2. The summed E-state index contributed by atoms with van der Waals surface area (Å²) in [6, 6.07) is 15.2. The number of phenolic OH excluding ortho intramolecular Hbond substituents is 1. The van der Waals surface area contributed by atoms with Crippen molar-refractivity contribution in [3.63, 3.8) is 0 Å². The van der Waals surface area contributed by atoms with Gasteiger partial charge in [0.1, 0.15) is 5.70 Å². The van der Waals surface area contributed by atoms with E-state index < -0.39 is 5.91 Å². The number of carbonyl (C=O) groups excluding carboxylic acids is 1. The van der Waals surface area contributed by atoms with Gasteiger partial charge in [0.25, 0.3) is 11.5 Å². The number of aryl methyl sites for hydroxylation is 1. The van der Waals surface area contributed by atoms with E-state index in [1.807, 2.05) is 30.3 Å². The molecule has 8 nitrogen and oxygen atoms in total. The van der Waals surface area contributed by atoms with Gasteiger partial charge in [0.05, 0.1) is 7.11 Å². The van der Waals surface area contributed by atoms with Crippen molar-refractivity contribution in [1.82, 2.24) is 9.97 Å². The molecule has 4 rings (SSSR count). The van der Waals surface area contributed by atoms with Crippen LogP contribution in [0.1, 0.15) is 16.8 Å². The van der Waals surface area contributed by atoms with Crippen LogP contribution < -0.4 is 15.2 Å². The molecule has 0 saturated carbocycles. The third-order valence-corrected chi connectivity index (χ3v) is 4.47. The summed E-state index contributed by atoms with van der Waals surface area (Å²) >= 11 is 0. The van der Waals surface area contributed by atoms with Crippen LogP contribution in [-0.4, -0.2) is 33.9 Å². The fourth-order valence-electron chi connectivity index (χ4n) is 3.11. The van der Waals surface area contributed by atoms with Crippen LogP contribution in [0.15, 0.2) is 70.1 Å². The molecular formula is C22H18N4O4. The van der Waals surface area contributed by atoms with Crippen molar-refractivity contribution in [3.8, 4) is 11.5 Å². The molecule has 0 aliphatic carbocycles. The number of aliphatic imine (C=N–C) groups is 1. The van der Waals surface area contributed by atoms with Gasteiger partial charge in [-0.15, -0.1) is 0 Å². The van der Waals surface area contributed by atoms with Gasteiger partial charge in [-0.3, -0.25) is 14.6 Å². The maximum atomic E-state index is 13.2. The first kappa shape index (κ1) is 19.1. The molecule has 1 aliphatic rings. The fraction of sp³-hybridized carbons (Fsp3) is 0.0909. The number of aromatic hydroxyl groups is 1. The van der Waals surface area contributed by atoms with Gasteiger partial charge in [-0.1, -0.05) is 36.4 Å². The highest BCUT2D eigenvalue weighted by molar-refractivity contribution is 6.32. The number of anilines is 1. The van der Waals surface area contributed by atoms with Crippen LogP contribution in [0.2, 0.25) is 0 Å². The molecule has 0 atom stereocenters. The SMILES string of the molecule is COc1cc(/C=C2/N=C(c3ccccc3)N(c3nc(C)cc(=O)[nH]3)C2=O)ccc1O. The van der Waals surface area contributed by atoms with Crippen LogP contribution in [0.4, 0.5) is 5.95 Å². The average molecular weight is 402 g/mol. The van der Waals surface area contributed by atoms with Crippen LogP contribution in [0.5, 0.6) is 11.5 Å². The number of amidine groups is 1. The first-order chi connectivity index (χ1) is 14.5. The van der Waals surface area contributed by atoms with Crippen molar-refractivity contribution in [2.24, 2.45) is 4.99 Å². The summed E-state index contributed by atoms with van der Waals surface area (Å²) in [5, 5.41) is 9.79. The second-order valence-electron chi connectivity index (χ2n) is 6.61. The summed E-state index contributed by atoms with van der Waals surface area (Å²) in [5.41, 5.74) is 1.59. The Labute approximate surface area is 171 Å². The summed E-state index contributed by atoms with van der Waals surface area (Å²) in [4.78, 5) is 37.9. The van der Waals surface area contributed by atoms with Crippen molar-refractivity contribution >= 4 is 23.8 Å². The molecule has 2 aromatic carbocycles. The Morgan fingerprint density at radius 3 is 2.57 bits per heavy atom. The smallest absolute Gasteiger partial charge is 0.285 e. The Bertz CT molecular complexity index is 1250. The minimum absolute atomic E-state index is 0.00552. The van der Waals surface area contributed by atoms with Crippen LogP contribution in [0.3, 0.4) is 0 Å². The first-order valence-corrected chi connectivity index (χ1v) is 9.11. The number of nitrogens with one attached hydrogen (secondary N) is 1. The Hall–Kier alpha value is -4.20. The van der Waals surface area contributed by atoms with Gasteiger partial charge in [-0.25, -0.2) is 14.9 Å². The molecule has 0 spiro atoms.